The fourth-order valence-electron chi connectivity index (χ4n) is 5.45. The van der Waals surface area contributed by atoms with E-state index in [1.807, 2.05) is 13.8 Å². The van der Waals surface area contributed by atoms with Gasteiger partial charge in [0.2, 0.25) is 0 Å². The smallest absolute Gasteiger partial charge is 0.261 e. The standard InChI is InChI=1S/C25H33NO4Si/c1-23(2,3)31(18-12-8-6-9-13-18,19-14-10-7-11-15-19)27-17-25-16-26-21(25)20-22(30-25)29-24(4,5)28-20/h6-15,20-22,26H,16-17H2,1-5H3/t20-,21+,22+,25-/m1/s1. The molecule has 5 nitrogen and oxygen atoms in total. The zero-order valence-corrected chi connectivity index (χ0v) is 20.1. The second-order valence-electron chi connectivity index (χ2n) is 10.5. The van der Waals surface area contributed by atoms with Crippen molar-refractivity contribution < 1.29 is 18.6 Å². The highest BCUT2D eigenvalue weighted by Crippen LogP contribution is 2.47. The van der Waals surface area contributed by atoms with Crippen LogP contribution in [0.2, 0.25) is 5.04 Å². The molecule has 3 aliphatic heterocycles. The van der Waals surface area contributed by atoms with Crippen LogP contribution in [-0.2, 0) is 18.6 Å². The van der Waals surface area contributed by atoms with Crippen LogP contribution in [0.4, 0.5) is 0 Å². The Kier molecular flexibility index (Phi) is 4.97. The van der Waals surface area contributed by atoms with Gasteiger partial charge in [0.05, 0.1) is 12.6 Å². The molecule has 0 unspecified atom stereocenters. The lowest BCUT2D eigenvalue weighted by atomic mass is 9.86. The maximum absolute atomic E-state index is 7.15. The van der Waals surface area contributed by atoms with E-state index in [0.29, 0.717) is 6.61 Å². The Morgan fingerprint density at radius 3 is 2.00 bits per heavy atom. The molecule has 0 saturated carbocycles. The Hall–Kier alpha value is -1.54. The fraction of sp³-hybridized carbons (Fsp3) is 0.520. The van der Waals surface area contributed by atoms with Crippen LogP contribution < -0.4 is 15.7 Å². The first-order valence-electron chi connectivity index (χ1n) is 11.2. The van der Waals surface area contributed by atoms with Crippen molar-refractivity contribution in [2.24, 2.45) is 0 Å². The highest BCUT2D eigenvalue weighted by molar-refractivity contribution is 6.99. The van der Waals surface area contributed by atoms with Crippen LogP contribution in [0.15, 0.2) is 60.7 Å². The first kappa shape index (κ1) is 21.3. The molecule has 1 N–H and O–H groups in total. The second kappa shape index (κ2) is 7.23. The van der Waals surface area contributed by atoms with Gasteiger partial charge in [0.25, 0.3) is 8.32 Å². The number of nitrogens with one attached hydrogen (secondary N) is 1. The third kappa shape index (κ3) is 3.32. The molecule has 2 aromatic rings. The van der Waals surface area contributed by atoms with E-state index in [2.05, 4.69) is 86.8 Å². The van der Waals surface area contributed by atoms with Crippen LogP contribution in [0, 0.1) is 0 Å². The van der Waals surface area contributed by atoms with Crippen LogP contribution in [-0.4, -0.2) is 51.3 Å². The summed E-state index contributed by atoms with van der Waals surface area (Å²) in [7, 11) is -2.61. The van der Waals surface area contributed by atoms with Gasteiger partial charge >= 0.3 is 0 Å². The molecule has 0 amide bonds. The SMILES string of the molecule is CC1(C)O[C@H]2O[C@@]3(CO[Si](c4ccccc4)(c4ccccc4)C(C)(C)C)CN[C@H]3[C@H]2O1. The number of hydrogen-bond acceptors (Lipinski definition) is 5. The largest absolute Gasteiger partial charge is 0.404 e. The van der Waals surface area contributed by atoms with Crippen LogP contribution in [0.25, 0.3) is 0 Å². The monoisotopic (exact) mass is 439 g/mol. The molecular formula is C25H33NO4Si. The summed E-state index contributed by atoms with van der Waals surface area (Å²) in [5.74, 6) is -0.613. The molecule has 4 atom stereocenters. The topological polar surface area (TPSA) is 49.0 Å². The lowest BCUT2D eigenvalue weighted by Crippen LogP contribution is -2.74. The number of fused-ring (bicyclic) bond motifs is 3. The van der Waals surface area contributed by atoms with E-state index < -0.39 is 19.7 Å². The molecule has 6 heteroatoms. The summed E-state index contributed by atoms with van der Waals surface area (Å²) < 4.78 is 25.8. The first-order chi connectivity index (χ1) is 14.7. The molecule has 2 aromatic carbocycles. The fourth-order valence-corrected chi connectivity index (χ4v) is 10.1. The molecule has 0 aromatic heterocycles. The van der Waals surface area contributed by atoms with E-state index in [-0.39, 0.29) is 23.5 Å². The van der Waals surface area contributed by atoms with Crippen LogP contribution in [0.1, 0.15) is 34.6 Å². The van der Waals surface area contributed by atoms with Crippen molar-refractivity contribution in [2.75, 3.05) is 13.2 Å². The maximum Gasteiger partial charge on any atom is 0.261 e. The van der Waals surface area contributed by atoms with Gasteiger partial charge < -0.3 is 24.0 Å². The van der Waals surface area contributed by atoms with Gasteiger partial charge in [0.1, 0.15) is 11.7 Å². The van der Waals surface area contributed by atoms with Crippen LogP contribution in [0.3, 0.4) is 0 Å². The van der Waals surface area contributed by atoms with Crippen molar-refractivity contribution in [3.63, 3.8) is 0 Å². The van der Waals surface area contributed by atoms with Crippen molar-refractivity contribution in [1.29, 1.82) is 0 Å². The molecule has 3 heterocycles. The van der Waals surface area contributed by atoms with E-state index in [1.165, 1.54) is 10.4 Å². The van der Waals surface area contributed by atoms with Crippen molar-refractivity contribution in [2.45, 2.75) is 69.5 Å². The Morgan fingerprint density at radius 2 is 1.52 bits per heavy atom. The number of rotatable bonds is 5. The van der Waals surface area contributed by atoms with Gasteiger partial charge in [-0.2, -0.15) is 0 Å². The predicted molar refractivity (Wildman–Crippen MR) is 123 cm³/mol. The normalized spacial score (nSPS) is 31.7. The van der Waals surface area contributed by atoms with Gasteiger partial charge in [-0.05, 0) is 29.3 Å². The minimum absolute atomic E-state index is 0.0670. The highest BCUT2D eigenvalue weighted by Gasteiger charge is 2.67. The summed E-state index contributed by atoms with van der Waals surface area (Å²) in [6, 6.07) is 21.5. The van der Waals surface area contributed by atoms with Gasteiger partial charge in [-0.25, -0.2) is 0 Å². The third-order valence-corrected chi connectivity index (χ3v) is 11.9. The lowest BCUT2D eigenvalue weighted by Gasteiger charge is -2.50. The van der Waals surface area contributed by atoms with Crippen molar-refractivity contribution in [1.82, 2.24) is 5.32 Å². The summed E-state index contributed by atoms with van der Waals surface area (Å²) in [6.45, 7) is 12.0. The molecule has 0 bridgehead atoms. The lowest BCUT2D eigenvalue weighted by molar-refractivity contribution is -0.245. The van der Waals surface area contributed by atoms with Crippen molar-refractivity contribution in [3.05, 3.63) is 60.7 Å². The van der Waals surface area contributed by atoms with E-state index in [4.69, 9.17) is 18.6 Å². The molecule has 3 fully saturated rings. The zero-order valence-electron chi connectivity index (χ0n) is 19.1. The van der Waals surface area contributed by atoms with E-state index in [9.17, 15) is 0 Å². The highest BCUT2D eigenvalue weighted by atomic mass is 28.4. The molecule has 5 rings (SSSR count). The summed E-state index contributed by atoms with van der Waals surface area (Å²) in [5, 5.41) is 6.01. The third-order valence-electron chi connectivity index (χ3n) is 6.91. The average molecular weight is 440 g/mol. The van der Waals surface area contributed by atoms with Gasteiger partial charge in [-0.1, -0.05) is 81.4 Å². The first-order valence-corrected chi connectivity index (χ1v) is 13.1. The summed E-state index contributed by atoms with van der Waals surface area (Å²) in [6.07, 6.45) is -0.454. The minimum atomic E-state index is -2.61. The van der Waals surface area contributed by atoms with Gasteiger partial charge in [0.15, 0.2) is 12.1 Å². The van der Waals surface area contributed by atoms with E-state index >= 15 is 0 Å². The second-order valence-corrected chi connectivity index (χ2v) is 14.8. The minimum Gasteiger partial charge on any atom is -0.404 e. The molecule has 31 heavy (non-hydrogen) atoms. The van der Waals surface area contributed by atoms with Gasteiger partial charge in [0, 0.05) is 6.54 Å². The number of ether oxygens (including phenoxy) is 3. The molecule has 0 spiro atoms. The van der Waals surface area contributed by atoms with Crippen molar-refractivity contribution >= 4 is 18.7 Å². The number of benzene rings is 2. The predicted octanol–water partition coefficient (Wildman–Crippen LogP) is 2.78. The van der Waals surface area contributed by atoms with E-state index in [1.54, 1.807) is 0 Å². The maximum atomic E-state index is 7.15. The molecular weight excluding hydrogens is 406 g/mol. The van der Waals surface area contributed by atoms with E-state index in [0.717, 1.165) is 6.54 Å². The molecule has 0 aliphatic carbocycles. The summed E-state index contributed by atoms with van der Waals surface area (Å²) >= 11 is 0. The Morgan fingerprint density at radius 1 is 0.935 bits per heavy atom. The van der Waals surface area contributed by atoms with Gasteiger partial charge in [-0.3, -0.25) is 0 Å². The van der Waals surface area contributed by atoms with Crippen LogP contribution in [0.5, 0.6) is 0 Å². The summed E-state index contributed by atoms with van der Waals surface area (Å²) in [5.41, 5.74) is -0.418. The van der Waals surface area contributed by atoms with Gasteiger partial charge in [-0.15, -0.1) is 0 Å². The molecule has 3 saturated heterocycles. The van der Waals surface area contributed by atoms with Crippen molar-refractivity contribution in [3.8, 4) is 0 Å². The average Bonchev–Trinajstić information content (AvgIpc) is 3.09. The van der Waals surface area contributed by atoms with Crippen LogP contribution >= 0.6 is 0 Å². The Labute approximate surface area is 186 Å². The molecule has 3 aliphatic rings. The summed E-state index contributed by atoms with van der Waals surface area (Å²) in [4.78, 5) is 0. The number of hydrogen-bond donors (Lipinski definition) is 1. The molecule has 0 radical (unpaired) electrons. The Balaban J connectivity index is 1.50. The molecule has 166 valence electrons. The zero-order chi connectivity index (χ0) is 21.9. The Bertz CT molecular complexity index is 890. The quantitative estimate of drug-likeness (QED) is 0.726.